The molecule has 0 aliphatic rings. The molecule has 0 bridgehead atoms. The first-order chi connectivity index (χ1) is 8.97. The second-order valence-electron chi connectivity index (χ2n) is 3.96. The second kappa shape index (κ2) is 5.28. The van der Waals surface area contributed by atoms with Gasteiger partial charge in [-0.1, -0.05) is 17.7 Å². The quantitative estimate of drug-likeness (QED) is 0.913. The normalized spacial score (nSPS) is 10.3. The van der Waals surface area contributed by atoms with Crippen LogP contribution >= 0.6 is 11.6 Å². The average Bonchev–Trinajstić information content (AvgIpc) is 2.36. The number of carboxylic acid groups (broad SMARTS) is 1. The van der Waals surface area contributed by atoms with E-state index in [1.54, 1.807) is 25.1 Å². The van der Waals surface area contributed by atoms with Crippen LogP contribution in [0.25, 0.3) is 0 Å². The number of benzene rings is 2. The third-order valence-corrected chi connectivity index (χ3v) is 2.78. The maximum atomic E-state index is 13.7. The molecule has 2 rings (SSSR count). The largest absolute Gasteiger partial charge is 0.478 e. The summed E-state index contributed by atoms with van der Waals surface area (Å²) in [5, 5.41) is 9.22. The summed E-state index contributed by atoms with van der Waals surface area (Å²) in [4.78, 5) is 10.7. The molecule has 0 saturated heterocycles. The van der Waals surface area contributed by atoms with Gasteiger partial charge in [0.05, 0.1) is 5.56 Å². The molecular formula is C14H10ClFO3. The predicted molar refractivity (Wildman–Crippen MR) is 69.6 cm³/mol. The minimum Gasteiger partial charge on any atom is -0.478 e. The summed E-state index contributed by atoms with van der Waals surface area (Å²) >= 11 is 5.84. The molecule has 0 aliphatic heterocycles. The van der Waals surface area contributed by atoms with Gasteiger partial charge in [0.2, 0.25) is 0 Å². The van der Waals surface area contributed by atoms with Crippen LogP contribution in [0.5, 0.6) is 11.5 Å². The molecule has 0 atom stereocenters. The molecule has 19 heavy (non-hydrogen) atoms. The van der Waals surface area contributed by atoms with E-state index in [2.05, 4.69) is 0 Å². The van der Waals surface area contributed by atoms with Crippen LogP contribution in [0.1, 0.15) is 15.9 Å². The first-order valence-corrected chi connectivity index (χ1v) is 5.82. The highest BCUT2D eigenvalue weighted by atomic mass is 35.5. The van der Waals surface area contributed by atoms with Gasteiger partial charge in [0, 0.05) is 5.02 Å². The van der Waals surface area contributed by atoms with Crippen molar-refractivity contribution in [1.82, 2.24) is 0 Å². The molecular weight excluding hydrogens is 271 g/mol. The number of aromatic carboxylic acids is 1. The Labute approximate surface area is 114 Å². The molecule has 0 heterocycles. The van der Waals surface area contributed by atoms with E-state index in [0.29, 0.717) is 10.8 Å². The number of hydrogen-bond acceptors (Lipinski definition) is 2. The first kappa shape index (κ1) is 13.4. The van der Waals surface area contributed by atoms with Crippen LogP contribution in [-0.4, -0.2) is 11.1 Å². The smallest absolute Gasteiger partial charge is 0.335 e. The third kappa shape index (κ3) is 3.03. The van der Waals surface area contributed by atoms with Gasteiger partial charge in [0.1, 0.15) is 5.75 Å². The van der Waals surface area contributed by atoms with Gasteiger partial charge < -0.3 is 9.84 Å². The van der Waals surface area contributed by atoms with Crippen molar-refractivity contribution in [3.8, 4) is 11.5 Å². The number of ether oxygens (including phenoxy) is 1. The molecule has 98 valence electrons. The third-order valence-electron chi connectivity index (χ3n) is 2.55. The first-order valence-electron chi connectivity index (χ1n) is 5.44. The van der Waals surface area contributed by atoms with Gasteiger partial charge in [-0.2, -0.15) is 0 Å². The van der Waals surface area contributed by atoms with Crippen LogP contribution < -0.4 is 4.74 Å². The zero-order valence-electron chi connectivity index (χ0n) is 9.98. The van der Waals surface area contributed by atoms with Crippen molar-refractivity contribution in [2.45, 2.75) is 6.92 Å². The van der Waals surface area contributed by atoms with E-state index < -0.39 is 11.8 Å². The topological polar surface area (TPSA) is 46.5 Å². The Bertz CT molecular complexity index is 641. The maximum absolute atomic E-state index is 13.7. The van der Waals surface area contributed by atoms with Gasteiger partial charge in [0.15, 0.2) is 11.6 Å². The lowest BCUT2D eigenvalue weighted by Gasteiger charge is -2.10. The molecule has 0 radical (unpaired) electrons. The van der Waals surface area contributed by atoms with Crippen LogP contribution in [-0.2, 0) is 0 Å². The predicted octanol–water partition coefficient (Wildman–Crippen LogP) is 4.28. The van der Waals surface area contributed by atoms with Crippen molar-refractivity contribution in [1.29, 1.82) is 0 Å². The number of hydrogen-bond donors (Lipinski definition) is 1. The fourth-order valence-electron chi connectivity index (χ4n) is 1.52. The lowest BCUT2D eigenvalue weighted by atomic mass is 10.2. The van der Waals surface area contributed by atoms with E-state index in [1.807, 2.05) is 0 Å². The summed E-state index contributed by atoms with van der Waals surface area (Å²) in [6.45, 7) is 1.80. The monoisotopic (exact) mass is 280 g/mol. The highest BCUT2D eigenvalue weighted by Gasteiger charge is 2.11. The Morgan fingerprint density at radius 1 is 1.21 bits per heavy atom. The van der Waals surface area contributed by atoms with Crippen LogP contribution in [0.2, 0.25) is 5.02 Å². The molecule has 0 unspecified atom stereocenters. The van der Waals surface area contributed by atoms with Crippen molar-refractivity contribution < 1.29 is 19.0 Å². The Morgan fingerprint density at radius 3 is 2.58 bits per heavy atom. The fourth-order valence-corrected chi connectivity index (χ4v) is 1.68. The maximum Gasteiger partial charge on any atom is 0.335 e. The standard InChI is InChI=1S/C14H10ClFO3/c1-8-2-4-10(15)7-13(8)19-12-5-3-9(14(17)18)6-11(12)16/h2-7H,1H3,(H,17,18). The summed E-state index contributed by atoms with van der Waals surface area (Å²) < 4.78 is 19.1. The Morgan fingerprint density at radius 2 is 1.95 bits per heavy atom. The van der Waals surface area contributed by atoms with Gasteiger partial charge in [-0.3, -0.25) is 0 Å². The summed E-state index contributed by atoms with van der Waals surface area (Å²) in [5.74, 6) is -1.55. The van der Waals surface area contributed by atoms with E-state index in [1.165, 1.54) is 12.1 Å². The molecule has 0 aromatic heterocycles. The van der Waals surface area contributed by atoms with Gasteiger partial charge in [0.25, 0.3) is 0 Å². The van der Waals surface area contributed by atoms with Gasteiger partial charge >= 0.3 is 5.97 Å². The number of carbonyl (C=O) groups is 1. The van der Waals surface area contributed by atoms with Crippen molar-refractivity contribution in [3.05, 3.63) is 58.4 Å². The SMILES string of the molecule is Cc1ccc(Cl)cc1Oc1ccc(C(=O)O)cc1F. The summed E-state index contributed by atoms with van der Waals surface area (Å²) in [6, 6.07) is 8.49. The van der Waals surface area contributed by atoms with E-state index in [0.717, 1.165) is 11.6 Å². The van der Waals surface area contributed by atoms with Crippen LogP contribution in [0.4, 0.5) is 4.39 Å². The molecule has 1 N–H and O–H groups in total. The zero-order valence-corrected chi connectivity index (χ0v) is 10.7. The van der Waals surface area contributed by atoms with E-state index in [9.17, 15) is 9.18 Å². The molecule has 0 saturated carbocycles. The van der Waals surface area contributed by atoms with Gasteiger partial charge in [-0.15, -0.1) is 0 Å². The minimum atomic E-state index is -1.19. The van der Waals surface area contributed by atoms with Crippen molar-refractivity contribution in [3.63, 3.8) is 0 Å². The van der Waals surface area contributed by atoms with Crippen LogP contribution in [0, 0.1) is 12.7 Å². The van der Waals surface area contributed by atoms with Crippen molar-refractivity contribution >= 4 is 17.6 Å². The highest BCUT2D eigenvalue weighted by molar-refractivity contribution is 6.30. The summed E-state index contributed by atoms with van der Waals surface area (Å²) in [6.07, 6.45) is 0. The molecule has 0 amide bonds. The average molecular weight is 281 g/mol. The van der Waals surface area contributed by atoms with Crippen LogP contribution in [0.15, 0.2) is 36.4 Å². The van der Waals surface area contributed by atoms with Gasteiger partial charge in [-0.25, -0.2) is 9.18 Å². The summed E-state index contributed by atoms with van der Waals surface area (Å²) in [7, 11) is 0. The summed E-state index contributed by atoms with van der Waals surface area (Å²) in [5.41, 5.74) is 0.666. The number of carboxylic acids is 1. The molecule has 2 aromatic carbocycles. The molecule has 3 nitrogen and oxygen atoms in total. The molecule has 2 aromatic rings. The van der Waals surface area contributed by atoms with Crippen molar-refractivity contribution in [2.75, 3.05) is 0 Å². The Balaban J connectivity index is 2.33. The Hall–Kier alpha value is -2.07. The zero-order chi connectivity index (χ0) is 14.0. The molecule has 5 heteroatoms. The number of halogens is 2. The fraction of sp³-hybridized carbons (Fsp3) is 0.0714. The minimum absolute atomic E-state index is 0.0460. The number of aryl methyl sites for hydroxylation is 1. The number of rotatable bonds is 3. The Kier molecular flexibility index (Phi) is 3.71. The second-order valence-corrected chi connectivity index (χ2v) is 4.40. The van der Waals surface area contributed by atoms with E-state index >= 15 is 0 Å². The van der Waals surface area contributed by atoms with E-state index in [-0.39, 0.29) is 11.3 Å². The highest BCUT2D eigenvalue weighted by Crippen LogP contribution is 2.29. The van der Waals surface area contributed by atoms with Gasteiger partial charge in [-0.05, 0) is 42.8 Å². The molecule has 0 aliphatic carbocycles. The van der Waals surface area contributed by atoms with Crippen molar-refractivity contribution in [2.24, 2.45) is 0 Å². The van der Waals surface area contributed by atoms with Crippen LogP contribution in [0.3, 0.4) is 0 Å². The molecule has 0 fully saturated rings. The lowest BCUT2D eigenvalue weighted by molar-refractivity contribution is 0.0696. The lowest BCUT2D eigenvalue weighted by Crippen LogP contribution is -1.98. The van der Waals surface area contributed by atoms with E-state index in [4.69, 9.17) is 21.4 Å². The molecule has 0 spiro atoms.